The van der Waals surface area contributed by atoms with E-state index in [1.54, 1.807) is 7.11 Å². The van der Waals surface area contributed by atoms with Gasteiger partial charge < -0.3 is 10.5 Å². The summed E-state index contributed by atoms with van der Waals surface area (Å²) >= 11 is 0. The second-order valence-corrected chi connectivity index (χ2v) is 6.36. The van der Waals surface area contributed by atoms with Crippen molar-refractivity contribution in [1.82, 2.24) is 9.80 Å². The summed E-state index contributed by atoms with van der Waals surface area (Å²) in [6.07, 6.45) is 5.67. The molecule has 4 heteroatoms. The smallest absolute Gasteiger partial charge is 0.121 e. The fourth-order valence-electron chi connectivity index (χ4n) is 3.71. The normalized spacial score (nSPS) is 21.8. The SMILES string of the molecule is COc1cc(N)cc(CN2CCN(C3CCCC3)CC2)c1. The third-order valence-corrected chi connectivity index (χ3v) is 4.88. The zero-order chi connectivity index (χ0) is 14.7. The van der Waals surface area contributed by atoms with E-state index < -0.39 is 0 Å². The standard InChI is InChI=1S/C17H27N3O/c1-21-17-11-14(10-15(18)12-17)13-19-6-8-20(9-7-19)16-4-2-3-5-16/h10-12,16H,2-9,13,18H2,1H3. The van der Waals surface area contributed by atoms with Crippen molar-refractivity contribution in [3.05, 3.63) is 23.8 Å². The van der Waals surface area contributed by atoms with Crippen LogP contribution in [0.4, 0.5) is 5.69 Å². The maximum atomic E-state index is 5.94. The second kappa shape index (κ2) is 6.67. The lowest BCUT2D eigenvalue weighted by Crippen LogP contribution is -2.49. The molecule has 1 aromatic carbocycles. The van der Waals surface area contributed by atoms with Crippen LogP contribution < -0.4 is 10.5 Å². The number of nitrogens with two attached hydrogens (primary N) is 1. The summed E-state index contributed by atoms with van der Waals surface area (Å²) in [5.74, 6) is 0.856. The highest BCUT2D eigenvalue weighted by molar-refractivity contribution is 5.47. The Labute approximate surface area is 127 Å². The molecule has 0 amide bonds. The summed E-state index contributed by atoms with van der Waals surface area (Å²) in [7, 11) is 1.69. The summed E-state index contributed by atoms with van der Waals surface area (Å²) in [5, 5.41) is 0. The van der Waals surface area contributed by atoms with Crippen LogP contribution in [-0.2, 0) is 6.54 Å². The third-order valence-electron chi connectivity index (χ3n) is 4.88. The van der Waals surface area contributed by atoms with Crippen LogP contribution in [0.1, 0.15) is 31.2 Å². The minimum absolute atomic E-state index is 0.786. The number of nitrogen functional groups attached to an aromatic ring is 1. The fraction of sp³-hybridized carbons (Fsp3) is 0.647. The fourth-order valence-corrected chi connectivity index (χ4v) is 3.71. The number of benzene rings is 1. The highest BCUT2D eigenvalue weighted by Gasteiger charge is 2.26. The highest BCUT2D eigenvalue weighted by Crippen LogP contribution is 2.25. The lowest BCUT2D eigenvalue weighted by Gasteiger charge is -2.38. The largest absolute Gasteiger partial charge is 0.497 e. The number of hydrogen-bond donors (Lipinski definition) is 1. The highest BCUT2D eigenvalue weighted by atomic mass is 16.5. The van der Waals surface area contributed by atoms with E-state index in [1.165, 1.54) is 44.3 Å². The lowest BCUT2D eigenvalue weighted by molar-refractivity contribution is 0.0937. The van der Waals surface area contributed by atoms with Gasteiger partial charge in [0.05, 0.1) is 7.11 Å². The van der Waals surface area contributed by atoms with Gasteiger partial charge in [-0.1, -0.05) is 12.8 Å². The van der Waals surface area contributed by atoms with E-state index in [4.69, 9.17) is 10.5 Å². The maximum absolute atomic E-state index is 5.94. The summed E-state index contributed by atoms with van der Waals surface area (Å²) < 4.78 is 5.30. The van der Waals surface area contributed by atoms with Crippen LogP contribution in [0.25, 0.3) is 0 Å². The molecule has 4 nitrogen and oxygen atoms in total. The molecule has 1 saturated carbocycles. The summed E-state index contributed by atoms with van der Waals surface area (Å²) in [4.78, 5) is 5.23. The molecule has 2 fully saturated rings. The first-order valence-corrected chi connectivity index (χ1v) is 8.14. The Balaban J connectivity index is 1.54. The first-order valence-electron chi connectivity index (χ1n) is 8.14. The van der Waals surface area contributed by atoms with Gasteiger partial charge in [0, 0.05) is 50.5 Å². The molecule has 1 aliphatic carbocycles. The summed E-state index contributed by atoms with van der Waals surface area (Å²) in [6.45, 7) is 5.72. The van der Waals surface area contributed by atoms with E-state index >= 15 is 0 Å². The van der Waals surface area contributed by atoms with Crippen molar-refractivity contribution >= 4 is 5.69 Å². The zero-order valence-electron chi connectivity index (χ0n) is 13.1. The van der Waals surface area contributed by atoms with E-state index in [9.17, 15) is 0 Å². The van der Waals surface area contributed by atoms with Crippen molar-refractivity contribution in [3.63, 3.8) is 0 Å². The number of anilines is 1. The predicted molar refractivity (Wildman–Crippen MR) is 86.5 cm³/mol. The Morgan fingerprint density at radius 2 is 1.81 bits per heavy atom. The van der Waals surface area contributed by atoms with E-state index in [0.717, 1.165) is 37.1 Å². The molecule has 2 N–H and O–H groups in total. The molecule has 3 rings (SSSR count). The number of methoxy groups -OCH3 is 1. The molecule has 21 heavy (non-hydrogen) atoms. The molecule has 0 bridgehead atoms. The lowest BCUT2D eigenvalue weighted by atomic mass is 10.1. The topological polar surface area (TPSA) is 41.7 Å². The number of piperazine rings is 1. The first kappa shape index (κ1) is 14.7. The minimum atomic E-state index is 0.786. The van der Waals surface area contributed by atoms with Crippen LogP contribution in [0, 0.1) is 0 Å². The molecule has 1 saturated heterocycles. The molecule has 1 aliphatic heterocycles. The Morgan fingerprint density at radius 1 is 1.10 bits per heavy atom. The zero-order valence-corrected chi connectivity index (χ0v) is 13.1. The van der Waals surface area contributed by atoms with Crippen molar-refractivity contribution in [2.75, 3.05) is 39.0 Å². The van der Waals surface area contributed by atoms with Crippen molar-refractivity contribution < 1.29 is 4.74 Å². The van der Waals surface area contributed by atoms with Crippen LogP contribution >= 0.6 is 0 Å². The average Bonchev–Trinajstić information content (AvgIpc) is 3.01. The van der Waals surface area contributed by atoms with Gasteiger partial charge in [-0.3, -0.25) is 9.80 Å². The van der Waals surface area contributed by atoms with Gasteiger partial charge in [-0.05, 0) is 30.5 Å². The molecule has 1 aromatic rings. The molecule has 0 spiro atoms. The molecular formula is C17H27N3O. The van der Waals surface area contributed by atoms with Gasteiger partial charge in [-0.2, -0.15) is 0 Å². The van der Waals surface area contributed by atoms with E-state index in [0.29, 0.717) is 0 Å². The molecule has 0 radical (unpaired) electrons. The average molecular weight is 289 g/mol. The number of nitrogens with zero attached hydrogens (tertiary/aromatic N) is 2. The van der Waals surface area contributed by atoms with Crippen molar-refractivity contribution in [2.45, 2.75) is 38.3 Å². The third kappa shape index (κ3) is 3.69. The van der Waals surface area contributed by atoms with Crippen molar-refractivity contribution in [3.8, 4) is 5.75 Å². The minimum Gasteiger partial charge on any atom is -0.497 e. The van der Waals surface area contributed by atoms with Gasteiger partial charge in [0.1, 0.15) is 5.75 Å². The van der Waals surface area contributed by atoms with Crippen LogP contribution in [0.15, 0.2) is 18.2 Å². The maximum Gasteiger partial charge on any atom is 0.121 e. The number of rotatable bonds is 4. The Hall–Kier alpha value is -1.26. The van der Waals surface area contributed by atoms with Crippen LogP contribution in [0.5, 0.6) is 5.75 Å². The first-order chi connectivity index (χ1) is 10.2. The molecule has 0 unspecified atom stereocenters. The molecule has 0 aromatic heterocycles. The van der Waals surface area contributed by atoms with Gasteiger partial charge in [-0.15, -0.1) is 0 Å². The van der Waals surface area contributed by atoms with Gasteiger partial charge in [0.15, 0.2) is 0 Å². The van der Waals surface area contributed by atoms with Crippen LogP contribution in [0.3, 0.4) is 0 Å². The Kier molecular flexibility index (Phi) is 4.66. The van der Waals surface area contributed by atoms with Crippen molar-refractivity contribution in [2.24, 2.45) is 0 Å². The summed E-state index contributed by atoms with van der Waals surface area (Å²) in [5.41, 5.74) is 7.98. The second-order valence-electron chi connectivity index (χ2n) is 6.36. The molecular weight excluding hydrogens is 262 g/mol. The Morgan fingerprint density at radius 3 is 2.48 bits per heavy atom. The Bertz CT molecular complexity index is 463. The molecule has 1 heterocycles. The summed E-state index contributed by atoms with van der Waals surface area (Å²) in [6, 6.07) is 6.90. The van der Waals surface area contributed by atoms with Crippen molar-refractivity contribution in [1.29, 1.82) is 0 Å². The van der Waals surface area contributed by atoms with Gasteiger partial charge in [-0.25, -0.2) is 0 Å². The van der Waals surface area contributed by atoms with E-state index in [2.05, 4.69) is 21.9 Å². The van der Waals surface area contributed by atoms with Gasteiger partial charge in [0.2, 0.25) is 0 Å². The van der Waals surface area contributed by atoms with Crippen LogP contribution in [-0.4, -0.2) is 49.1 Å². The predicted octanol–water partition coefficient (Wildman–Crippen LogP) is 2.34. The monoisotopic (exact) mass is 289 g/mol. The van der Waals surface area contributed by atoms with Gasteiger partial charge in [0.25, 0.3) is 0 Å². The molecule has 2 aliphatic rings. The number of ether oxygens (including phenoxy) is 1. The van der Waals surface area contributed by atoms with Crippen LogP contribution in [0.2, 0.25) is 0 Å². The quantitative estimate of drug-likeness (QED) is 0.864. The molecule has 0 atom stereocenters. The van der Waals surface area contributed by atoms with E-state index in [1.807, 2.05) is 6.07 Å². The number of hydrogen-bond acceptors (Lipinski definition) is 4. The molecule has 116 valence electrons. The van der Waals surface area contributed by atoms with Gasteiger partial charge >= 0.3 is 0 Å². The van der Waals surface area contributed by atoms with E-state index in [-0.39, 0.29) is 0 Å².